The average molecular weight is 394 g/mol. The molecule has 6 nitrogen and oxygen atoms in total. The average Bonchev–Trinajstić information content (AvgIpc) is 2.59. The van der Waals surface area contributed by atoms with E-state index in [-0.39, 0.29) is 0 Å². The lowest BCUT2D eigenvalue weighted by molar-refractivity contribution is -0.201. The Morgan fingerprint density at radius 2 is 1.85 bits per heavy atom. The van der Waals surface area contributed by atoms with Crippen molar-refractivity contribution in [3.63, 3.8) is 0 Å². The fraction of sp³-hybridized carbons (Fsp3) is 0.500. The van der Waals surface area contributed by atoms with Gasteiger partial charge in [-0.3, -0.25) is 9.59 Å². The van der Waals surface area contributed by atoms with Gasteiger partial charge in [0.1, 0.15) is 0 Å². The van der Waals surface area contributed by atoms with Crippen LogP contribution in [-0.2, 0) is 9.59 Å². The molecule has 1 atom stereocenters. The smallest absolute Gasteiger partial charge is 0.382 e. The molecule has 1 aliphatic rings. The molecule has 1 fully saturated rings. The highest BCUT2D eigenvalue weighted by molar-refractivity contribution is 6.40. The van der Waals surface area contributed by atoms with Crippen molar-refractivity contribution < 1.29 is 27.9 Å². The third kappa shape index (κ3) is 5.50. The Balaban J connectivity index is 2.03. The van der Waals surface area contributed by atoms with Gasteiger partial charge < -0.3 is 20.6 Å². The van der Waals surface area contributed by atoms with Gasteiger partial charge in [0.25, 0.3) is 0 Å². The van der Waals surface area contributed by atoms with E-state index in [1.807, 2.05) is 4.90 Å². The summed E-state index contributed by atoms with van der Waals surface area (Å²) in [5.74, 6) is -2.42. The molecule has 1 aromatic carbocycles. The molecule has 2 rings (SSSR count). The van der Waals surface area contributed by atoms with Crippen LogP contribution in [0.5, 0.6) is 0 Å². The lowest BCUT2D eigenvalue weighted by Gasteiger charge is -2.30. The molecule has 0 saturated carbocycles. The molecule has 1 saturated heterocycles. The lowest BCUT2D eigenvalue weighted by Crippen LogP contribution is -2.44. The monoisotopic (exact) mass is 393 g/mol. The van der Waals surface area contributed by atoms with E-state index in [2.05, 4.69) is 5.32 Å². The van der Waals surface area contributed by atoms with Crippen LogP contribution in [0.15, 0.2) is 18.2 Å². The van der Waals surface area contributed by atoms with E-state index >= 15 is 0 Å². The van der Waals surface area contributed by atoms with Gasteiger partial charge >= 0.3 is 18.0 Å². The largest absolute Gasteiger partial charge is 0.416 e. The molecule has 2 amide bonds. The zero-order valence-electron chi connectivity index (χ0n) is 13.8. The van der Waals surface area contributed by atoms with Crippen molar-refractivity contribution >= 4 is 34.8 Å². The van der Waals surface area contributed by atoms with Gasteiger partial charge in [0.05, 0.1) is 17.9 Å². The van der Waals surface area contributed by atoms with E-state index in [4.69, 9.17) is 16.7 Å². The highest BCUT2D eigenvalue weighted by atomic mass is 35.5. The Hall–Kier alpha value is -2.00. The standard InChI is InChI=1S/C16H19ClF3N3O3/c17-10-4-5-12(23-6-2-1-3-7-23)11(8-10)22-15(26)14(25)21-9-13(24)16(18,19)20/h4-5,8,13,24H,1-3,6-7,9H2,(H,21,25)(H,22,26). The number of nitrogens with zero attached hydrogens (tertiary/aromatic N) is 1. The van der Waals surface area contributed by atoms with Gasteiger partial charge in [0.2, 0.25) is 0 Å². The van der Waals surface area contributed by atoms with E-state index in [9.17, 15) is 22.8 Å². The maximum Gasteiger partial charge on any atom is 0.416 e. The molecule has 0 bridgehead atoms. The van der Waals surface area contributed by atoms with Gasteiger partial charge in [-0.05, 0) is 37.5 Å². The van der Waals surface area contributed by atoms with Gasteiger partial charge in [-0.1, -0.05) is 11.6 Å². The highest BCUT2D eigenvalue weighted by Crippen LogP contribution is 2.31. The molecule has 1 aromatic rings. The highest BCUT2D eigenvalue weighted by Gasteiger charge is 2.38. The fourth-order valence-corrected chi connectivity index (χ4v) is 2.76. The second-order valence-corrected chi connectivity index (χ2v) is 6.37. The summed E-state index contributed by atoms with van der Waals surface area (Å²) in [5.41, 5.74) is 0.987. The first-order chi connectivity index (χ1) is 12.2. The molecule has 0 radical (unpaired) electrons. The third-order valence-electron chi connectivity index (χ3n) is 3.94. The van der Waals surface area contributed by atoms with Crippen molar-refractivity contribution in [2.24, 2.45) is 0 Å². The number of benzene rings is 1. The minimum Gasteiger partial charge on any atom is -0.382 e. The van der Waals surface area contributed by atoms with Crippen molar-refractivity contribution in [2.45, 2.75) is 31.5 Å². The minimum atomic E-state index is -4.88. The van der Waals surface area contributed by atoms with E-state index in [1.54, 1.807) is 17.4 Å². The van der Waals surface area contributed by atoms with Crippen molar-refractivity contribution in [3.05, 3.63) is 23.2 Å². The van der Waals surface area contributed by atoms with Crippen LogP contribution >= 0.6 is 11.6 Å². The van der Waals surface area contributed by atoms with E-state index in [0.717, 1.165) is 32.4 Å². The van der Waals surface area contributed by atoms with Gasteiger partial charge in [0.15, 0.2) is 6.10 Å². The number of rotatable bonds is 4. The number of aliphatic hydroxyl groups is 1. The quantitative estimate of drug-likeness (QED) is 0.686. The summed E-state index contributed by atoms with van der Waals surface area (Å²) in [5, 5.41) is 13.3. The molecule has 0 aliphatic carbocycles. The second-order valence-electron chi connectivity index (χ2n) is 5.93. The molecule has 1 aliphatic heterocycles. The van der Waals surface area contributed by atoms with Gasteiger partial charge in [-0.2, -0.15) is 13.2 Å². The maximum absolute atomic E-state index is 12.2. The molecular weight excluding hydrogens is 375 g/mol. The molecule has 10 heteroatoms. The Kier molecular flexibility index (Phi) is 6.71. The Morgan fingerprint density at radius 1 is 1.19 bits per heavy atom. The summed E-state index contributed by atoms with van der Waals surface area (Å²) in [7, 11) is 0. The van der Waals surface area contributed by atoms with Gasteiger partial charge in [0, 0.05) is 18.1 Å². The number of carbonyl (C=O) groups excluding carboxylic acids is 2. The van der Waals surface area contributed by atoms with E-state index in [0.29, 0.717) is 16.4 Å². The van der Waals surface area contributed by atoms with Crippen LogP contribution in [0.4, 0.5) is 24.5 Å². The number of carbonyl (C=O) groups is 2. The summed E-state index contributed by atoms with van der Waals surface area (Å²) in [4.78, 5) is 25.7. The second kappa shape index (κ2) is 8.59. The van der Waals surface area contributed by atoms with E-state index in [1.165, 1.54) is 6.07 Å². The third-order valence-corrected chi connectivity index (χ3v) is 4.18. The SMILES string of the molecule is O=C(NCC(O)C(F)(F)F)C(=O)Nc1cc(Cl)ccc1N1CCCCC1. The number of hydrogen-bond donors (Lipinski definition) is 3. The number of aliphatic hydroxyl groups excluding tert-OH is 1. The van der Waals surface area contributed by atoms with Gasteiger partial charge in [-0.25, -0.2) is 0 Å². The number of nitrogens with one attached hydrogen (secondary N) is 2. The molecule has 0 spiro atoms. The molecular formula is C16H19ClF3N3O3. The Morgan fingerprint density at radius 3 is 2.46 bits per heavy atom. The van der Waals surface area contributed by atoms with Crippen LogP contribution < -0.4 is 15.5 Å². The Labute approximate surface area is 153 Å². The number of anilines is 2. The summed E-state index contributed by atoms with van der Waals surface area (Å²) >= 11 is 5.94. The summed E-state index contributed by atoms with van der Waals surface area (Å²) in [6.45, 7) is 0.466. The van der Waals surface area contributed by atoms with Crippen LogP contribution in [-0.4, -0.2) is 48.8 Å². The first-order valence-electron chi connectivity index (χ1n) is 8.07. The number of alkyl halides is 3. The van der Waals surface area contributed by atoms with Crippen molar-refractivity contribution in [3.8, 4) is 0 Å². The topological polar surface area (TPSA) is 81.7 Å². The molecule has 1 heterocycles. The number of hydrogen-bond acceptors (Lipinski definition) is 4. The molecule has 3 N–H and O–H groups in total. The van der Waals surface area contributed by atoms with Gasteiger partial charge in [-0.15, -0.1) is 0 Å². The minimum absolute atomic E-state index is 0.302. The number of amides is 2. The first-order valence-corrected chi connectivity index (χ1v) is 8.44. The summed E-state index contributed by atoms with van der Waals surface area (Å²) in [6, 6.07) is 4.84. The first kappa shape index (κ1) is 20.3. The molecule has 0 aromatic heterocycles. The molecule has 1 unspecified atom stereocenters. The zero-order valence-corrected chi connectivity index (χ0v) is 14.5. The predicted molar refractivity (Wildman–Crippen MR) is 91.2 cm³/mol. The fourth-order valence-electron chi connectivity index (χ4n) is 2.58. The van der Waals surface area contributed by atoms with Crippen LogP contribution in [0, 0.1) is 0 Å². The molecule has 26 heavy (non-hydrogen) atoms. The summed E-state index contributed by atoms with van der Waals surface area (Å²) < 4.78 is 36.7. The van der Waals surface area contributed by atoms with Crippen LogP contribution in [0.2, 0.25) is 5.02 Å². The predicted octanol–water partition coefficient (Wildman–Crippen LogP) is 2.31. The van der Waals surface area contributed by atoms with E-state index < -0.39 is 30.6 Å². The van der Waals surface area contributed by atoms with Crippen molar-refractivity contribution in [1.82, 2.24) is 5.32 Å². The lowest BCUT2D eigenvalue weighted by atomic mass is 10.1. The number of halogens is 4. The summed E-state index contributed by atoms with van der Waals surface area (Å²) in [6.07, 6.45) is -4.53. The number of piperidine rings is 1. The molecule has 144 valence electrons. The van der Waals surface area contributed by atoms with Crippen LogP contribution in [0.1, 0.15) is 19.3 Å². The zero-order chi connectivity index (χ0) is 19.3. The van der Waals surface area contributed by atoms with Crippen LogP contribution in [0.25, 0.3) is 0 Å². The van der Waals surface area contributed by atoms with Crippen molar-refractivity contribution in [2.75, 3.05) is 29.9 Å². The van der Waals surface area contributed by atoms with Crippen molar-refractivity contribution in [1.29, 1.82) is 0 Å². The normalized spacial score (nSPS) is 16.1. The maximum atomic E-state index is 12.2. The Bertz CT molecular complexity index is 664. The van der Waals surface area contributed by atoms with Crippen LogP contribution in [0.3, 0.4) is 0 Å².